The van der Waals surface area contributed by atoms with Gasteiger partial charge in [-0.25, -0.2) is 4.79 Å². The summed E-state index contributed by atoms with van der Waals surface area (Å²) in [4.78, 5) is 25.1. The molecule has 3 rings (SSSR count). The second-order valence-corrected chi connectivity index (χ2v) is 6.75. The Bertz CT molecular complexity index is 733. The van der Waals surface area contributed by atoms with E-state index in [0.717, 1.165) is 6.42 Å². The second kappa shape index (κ2) is 8.52. The number of rotatable bonds is 6. The van der Waals surface area contributed by atoms with Crippen molar-refractivity contribution in [2.45, 2.75) is 18.8 Å². The Morgan fingerprint density at radius 3 is 2.35 bits per heavy atom. The topological polar surface area (TPSA) is 69.6 Å². The number of aliphatic carboxylic acids is 1. The number of nitrogens with one attached hydrogen (secondary N) is 1. The number of likely N-dealkylation sites (tertiary alicyclic amines) is 1. The fourth-order valence-corrected chi connectivity index (χ4v) is 3.40. The summed E-state index contributed by atoms with van der Waals surface area (Å²) in [6.07, 6.45) is 1.36. The summed E-state index contributed by atoms with van der Waals surface area (Å²) in [6.45, 7) is 1.30. The van der Waals surface area contributed by atoms with E-state index in [2.05, 4.69) is 29.6 Å². The van der Waals surface area contributed by atoms with Gasteiger partial charge in [-0.15, -0.1) is 0 Å². The molecular weight excluding hydrogens is 328 g/mol. The van der Waals surface area contributed by atoms with Crippen molar-refractivity contribution in [3.05, 3.63) is 71.8 Å². The van der Waals surface area contributed by atoms with E-state index in [1.54, 1.807) is 4.90 Å². The minimum absolute atomic E-state index is 0.167. The zero-order chi connectivity index (χ0) is 18.4. The van der Waals surface area contributed by atoms with Crippen LogP contribution in [0.4, 0.5) is 4.79 Å². The molecule has 0 aliphatic carbocycles. The van der Waals surface area contributed by atoms with Crippen LogP contribution in [0.25, 0.3) is 0 Å². The third kappa shape index (κ3) is 4.63. The first-order valence-corrected chi connectivity index (χ1v) is 8.98. The maximum absolute atomic E-state index is 12.4. The smallest absolute Gasteiger partial charge is 0.317 e. The van der Waals surface area contributed by atoms with Crippen LogP contribution in [-0.4, -0.2) is 41.6 Å². The average molecular weight is 352 g/mol. The van der Waals surface area contributed by atoms with Crippen LogP contribution in [-0.2, 0) is 11.2 Å². The monoisotopic (exact) mass is 352 g/mol. The fourth-order valence-electron chi connectivity index (χ4n) is 3.40. The van der Waals surface area contributed by atoms with Gasteiger partial charge in [-0.05, 0) is 24.0 Å². The van der Waals surface area contributed by atoms with E-state index in [1.165, 1.54) is 11.1 Å². The zero-order valence-electron chi connectivity index (χ0n) is 14.7. The summed E-state index contributed by atoms with van der Waals surface area (Å²) in [7, 11) is 0. The number of carbonyl (C=O) groups excluding carboxylic acids is 1. The Balaban J connectivity index is 1.63. The Kier molecular flexibility index (Phi) is 5.89. The normalized spacial score (nSPS) is 17.7. The number of hydrogen-bond acceptors (Lipinski definition) is 2. The van der Waals surface area contributed by atoms with Gasteiger partial charge in [-0.3, -0.25) is 4.79 Å². The van der Waals surface area contributed by atoms with Gasteiger partial charge in [0.1, 0.15) is 0 Å². The molecule has 0 saturated carbocycles. The maximum atomic E-state index is 12.4. The average Bonchev–Trinajstić information content (AvgIpc) is 3.17. The molecule has 1 heterocycles. The van der Waals surface area contributed by atoms with Crippen LogP contribution in [0.3, 0.4) is 0 Å². The number of hydrogen-bond donors (Lipinski definition) is 2. The Morgan fingerprint density at radius 2 is 1.73 bits per heavy atom. The first-order chi connectivity index (χ1) is 12.6. The molecule has 2 atom stereocenters. The molecule has 2 aromatic carbocycles. The third-order valence-corrected chi connectivity index (χ3v) is 4.92. The molecule has 2 N–H and O–H groups in total. The van der Waals surface area contributed by atoms with Crippen molar-refractivity contribution in [3.63, 3.8) is 0 Å². The molecule has 0 aromatic heterocycles. The van der Waals surface area contributed by atoms with E-state index in [9.17, 15) is 9.59 Å². The minimum atomic E-state index is -0.827. The standard InChI is InChI=1S/C21H24N2O3/c24-20(25)18-11-12-23(15-18)21(26)22-14-19(17-9-5-2-6-10-17)13-16-7-3-1-4-8-16/h1-10,18-19H,11-15H2,(H,22,26)(H,24,25). The molecule has 1 aliphatic heterocycles. The number of nitrogens with zero attached hydrogens (tertiary/aromatic N) is 1. The molecule has 0 radical (unpaired) electrons. The Hall–Kier alpha value is -2.82. The molecule has 2 unspecified atom stereocenters. The fraction of sp³-hybridized carbons (Fsp3) is 0.333. The van der Waals surface area contributed by atoms with E-state index in [1.807, 2.05) is 36.4 Å². The van der Waals surface area contributed by atoms with Gasteiger partial charge in [0, 0.05) is 25.6 Å². The first kappa shape index (κ1) is 18.0. The van der Waals surface area contributed by atoms with E-state index >= 15 is 0 Å². The van der Waals surface area contributed by atoms with Gasteiger partial charge in [0.2, 0.25) is 0 Å². The molecule has 26 heavy (non-hydrogen) atoms. The summed E-state index contributed by atoms with van der Waals surface area (Å²) in [5.41, 5.74) is 2.41. The van der Waals surface area contributed by atoms with Crippen molar-refractivity contribution in [1.29, 1.82) is 0 Å². The van der Waals surface area contributed by atoms with E-state index in [-0.39, 0.29) is 18.5 Å². The minimum Gasteiger partial charge on any atom is -0.481 e. The Morgan fingerprint density at radius 1 is 1.08 bits per heavy atom. The van der Waals surface area contributed by atoms with Crippen molar-refractivity contribution in [2.75, 3.05) is 19.6 Å². The summed E-state index contributed by atoms with van der Waals surface area (Å²) in [5.74, 6) is -1.11. The van der Waals surface area contributed by atoms with Crippen LogP contribution >= 0.6 is 0 Å². The maximum Gasteiger partial charge on any atom is 0.317 e. The van der Waals surface area contributed by atoms with Gasteiger partial charge in [0.05, 0.1) is 5.92 Å². The Labute approximate surface area is 153 Å². The van der Waals surface area contributed by atoms with E-state index < -0.39 is 11.9 Å². The first-order valence-electron chi connectivity index (χ1n) is 8.98. The summed E-state index contributed by atoms with van der Waals surface area (Å²) in [6, 6.07) is 20.2. The highest BCUT2D eigenvalue weighted by Gasteiger charge is 2.31. The molecule has 2 amide bonds. The van der Waals surface area contributed by atoms with E-state index in [4.69, 9.17) is 5.11 Å². The second-order valence-electron chi connectivity index (χ2n) is 6.75. The molecule has 136 valence electrons. The van der Waals surface area contributed by atoms with Crippen molar-refractivity contribution in [3.8, 4) is 0 Å². The molecule has 1 aliphatic rings. The van der Waals surface area contributed by atoms with Crippen molar-refractivity contribution < 1.29 is 14.7 Å². The summed E-state index contributed by atoms with van der Waals surface area (Å²) in [5, 5.41) is 12.1. The highest BCUT2D eigenvalue weighted by molar-refractivity contribution is 5.77. The van der Waals surface area contributed by atoms with Crippen LogP contribution in [0.1, 0.15) is 23.5 Å². The van der Waals surface area contributed by atoms with Gasteiger partial charge in [-0.1, -0.05) is 60.7 Å². The van der Waals surface area contributed by atoms with Crippen molar-refractivity contribution in [2.24, 2.45) is 5.92 Å². The zero-order valence-corrected chi connectivity index (χ0v) is 14.7. The lowest BCUT2D eigenvalue weighted by Gasteiger charge is -2.22. The molecule has 1 saturated heterocycles. The van der Waals surface area contributed by atoms with Gasteiger partial charge < -0.3 is 15.3 Å². The number of carboxylic acids is 1. The van der Waals surface area contributed by atoms with Crippen LogP contribution in [0.15, 0.2) is 60.7 Å². The van der Waals surface area contributed by atoms with Crippen LogP contribution in [0.2, 0.25) is 0 Å². The highest BCUT2D eigenvalue weighted by atomic mass is 16.4. The molecule has 5 heteroatoms. The van der Waals surface area contributed by atoms with Crippen LogP contribution in [0.5, 0.6) is 0 Å². The lowest BCUT2D eigenvalue weighted by Crippen LogP contribution is -2.40. The van der Waals surface area contributed by atoms with Gasteiger partial charge in [0.15, 0.2) is 0 Å². The lowest BCUT2D eigenvalue weighted by molar-refractivity contribution is -0.141. The number of carboxylic acid groups (broad SMARTS) is 1. The largest absolute Gasteiger partial charge is 0.481 e. The van der Waals surface area contributed by atoms with Crippen molar-refractivity contribution in [1.82, 2.24) is 10.2 Å². The predicted molar refractivity (Wildman–Crippen MR) is 100 cm³/mol. The molecule has 2 aromatic rings. The molecule has 0 bridgehead atoms. The van der Waals surface area contributed by atoms with Gasteiger partial charge in [0.25, 0.3) is 0 Å². The predicted octanol–water partition coefficient (Wildman–Crippen LogP) is 3.13. The summed E-state index contributed by atoms with van der Waals surface area (Å²) < 4.78 is 0. The third-order valence-electron chi connectivity index (χ3n) is 4.92. The summed E-state index contributed by atoms with van der Waals surface area (Å²) >= 11 is 0. The molecule has 1 fully saturated rings. The highest BCUT2D eigenvalue weighted by Crippen LogP contribution is 2.21. The van der Waals surface area contributed by atoms with Crippen LogP contribution in [0, 0.1) is 5.92 Å². The molecular formula is C21H24N2O3. The van der Waals surface area contributed by atoms with E-state index in [0.29, 0.717) is 19.5 Å². The quantitative estimate of drug-likeness (QED) is 0.839. The number of amides is 2. The number of urea groups is 1. The van der Waals surface area contributed by atoms with Crippen LogP contribution < -0.4 is 5.32 Å². The lowest BCUT2D eigenvalue weighted by atomic mass is 9.92. The van der Waals surface area contributed by atoms with Gasteiger partial charge >= 0.3 is 12.0 Å². The molecule has 5 nitrogen and oxygen atoms in total. The molecule has 0 spiro atoms. The van der Waals surface area contributed by atoms with Gasteiger partial charge in [-0.2, -0.15) is 0 Å². The SMILES string of the molecule is O=C(O)C1CCN(C(=O)NCC(Cc2ccccc2)c2ccccc2)C1. The van der Waals surface area contributed by atoms with Crippen molar-refractivity contribution >= 4 is 12.0 Å². The number of carbonyl (C=O) groups is 2. The number of benzene rings is 2.